The van der Waals surface area contributed by atoms with E-state index in [9.17, 15) is 13.8 Å². The summed E-state index contributed by atoms with van der Waals surface area (Å²) in [6, 6.07) is 5.82. The predicted molar refractivity (Wildman–Crippen MR) is 134 cm³/mol. The van der Waals surface area contributed by atoms with Crippen LogP contribution >= 0.6 is 0 Å². The van der Waals surface area contributed by atoms with Crippen molar-refractivity contribution in [3.63, 3.8) is 0 Å². The molecule has 6 nitrogen and oxygen atoms in total. The Bertz CT molecular complexity index is 910. The number of benzene rings is 1. The molecule has 1 aromatic rings. The molecule has 1 heterocycles. The lowest BCUT2D eigenvalue weighted by Gasteiger charge is -2.45. The number of aryl methyl sites for hydroxylation is 1. The molecule has 2 rings (SSSR count). The smallest absolute Gasteiger partial charge is 0.322 e. The first-order valence-corrected chi connectivity index (χ1v) is 13.4. The summed E-state index contributed by atoms with van der Waals surface area (Å²) in [6.45, 7) is 12.8. The van der Waals surface area contributed by atoms with Gasteiger partial charge in [-0.15, -0.1) is 0 Å². The molecule has 2 N–H and O–H groups in total. The van der Waals surface area contributed by atoms with Gasteiger partial charge in [0.2, 0.25) is 0 Å². The fourth-order valence-corrected chi connectivity index (χ4v) is 6.07. The Morgan fingerprint density at radius 2 is 1.91 bits per heavy atom. The molecule has 2 atom stereocenters. The molecule has 0 bridgehead atoms. The quantitative estimate of drug-likeness (QED) is 0.421. The minimum atomic E-state index is -1.05. The molecule has 0 fully saturated rings. The third-order valence-electron chi connectivity index (χ3n) is 6.24. The monoisotopic (exact) mass is 476 g/mol. The van der Waals surface area contributed by atoms with E-state index in [1.54, 1.807) is 0 Å². The summed E-state index contributed by atoms with van der Waals surface area (Å²) < 4.78 is 13.0. The highest BCUT2D eigenvalue weighted by molar-refractivity contribution is 7.85. The second-order valence-corrected chi connectivity index (χ2v) is 11.1. The lowest BCUT2D eigenvalue weighted by molar-refractivity contribution is -0.137. The summed E-state index contributed by atoms with van der Waals surface area (Å²) in [5, 5.41) is 12.3. The second kappa shape index (κ2) is 11.8. The number of amides is 2. The van der Waals surface area contributed by atoms with Crippen LogP contribution in [-0.4, -0.2) is 38.5 Å². The molecule has 0 saturated carbocycles. The van der Waals surface area contributed by atoms with Crippen LogP contribution in [0.4, 0.5) is 4.79 Å². The molecule has 0 spiro atoms. The molecule has 7 heteroatoms. The van der Waals surface area contributed by atoms with E-state index in [1.807, 2.05) is 18.3 Å². The highest BCUT2D eigenvalue weighted by atomic mass is 32.2. The molecule has 1 aliphatic rings. The minimum Gasteiger partial charge on any atom is -0.481 e. The Morgan fingerprint density at radius 1 is 1.21 bits per heavy atom. The van der Waals surface area contributed by atoms with Crippen molar-refractivity contribution in [1.29, 1.82) is 0 Å². The number of hydrogen-bond acceptors (Lipinski definition) is 3. The fraction of sp³-hybridized carbons (Fsp3) is 0.615. The molecule has 1 unspecified atom stereocenters. The van der Waals surface area contributed by atoms with Gasteiger partial charge in [0.25, 0.3) is 0 Å². The molecular formula is C26H40N2O4S. The number of hydrogen-bond donors (Lipinski definition) is 2. The van der Waals surface area contributed by atoms with E-state index in [0.29, 0.717) is 11.7 Å². The summed E-state index contributed by atoms with van der Waals surface area (Å²) in [6.07, 6.45) is 5.02. The van der Waals surface area contributed by atoms with Crippen LogP contribution in [0.15, 0.2) is 34.9 Å². The maximum absolute atomic E-state index is 13.0. The zero-order valence-electron chi connectivity index (χ0n) is 20.9. The Hall–Kier alpha value is -2.15. The molecule has 1 aliphatic heterocycles. The number of nitrogens with one attached hydrogen (secondary N) is 1. The summed E-state index contributed by atoms with van der Waals surface area (Å²) in [5.41, 5.74) is 2.44. The Kier molecular flexibility index (Phi) is 9.70. The molecule has 184 valence electrons. The lowest BCUT2D eigenvalue weighted by atomic mass is 9.73. The molecule has 1 aromatic carbocycles. The van der Waals surface area contributed by atoms with Gasteiger partial charge in [-0.05, 0) is 53.9 Å². The number of carboxylic acid groups (broad SMARTS) is 1. The van der Waals surface area contributed by atoms with Crippen LogP contribution in [-0.2, 0) is 27.6 Å². The van der Waals surface area contributed by atoms with Gasteiger partial charge in [0, 0.05) is 23.4 Å². The van der Waals surface area contributed by atoms with Crippen molar-refractivity contribution >= 4 is 22.8 Å². The van der Waals surface area contributed by atoms with Gasteiger partial charge in [-0.2, -0.15) is 0 Å². The van der Waals surface area contributed by atoms with Gasteiger partial charge in [-0.3, -0.25) is 9.00 Å². The van der Waals surface area contributed by atoms with Crippen molar-refractivity contribution in [2.75, 3.05) is 12.3 Å². The first-order valence-electron chi connectivity index (χ1n) is 12.1. The van der Waals surface area contributed by atoms with E-state index >= 15 is 0 Å². The number of carbonyl (C=O) groups is 2. The van der Waals surface area contributed by atoms with Crippen molar-refractivity contribution < 1.29 is 18.9 Å². The highest BCUT2D eigenvalue weighted by Crippen LogP contribution is 2.41. The maximum atomic E-state index is 13.0. The first kappa shape index (κ1) is 27.1. The number of urea groups is 1. The molecule has 0 radical (unpaired) electrons. The summed E-state index contributed by atoms with van der Waals surface area (Å²) in [4.78, 5) is 26.5. The van der Waals surface area contributed by atoms with Crippen LogP contribution in [0.5, 0.6) is 0 Å². The van der Waals surface area contributed by atoms with Crippen LogP contribution in [0.2, 0.25) is 0 Å². The number of carboxylic acids is 1. The minimum absolute atomic E-state index is 0.104. The van der Waals surface area contributed by atoms with E-state index in [1.165, 1.54) is 4.90 Å². The number of rotatable bonds is 12. The van der Waals surface area contributed by atoms with Crippen LogP contribution in [0, 0.1) is 11.8 Å². The third-order valence-corrected chi connectivity index (χ3v) is 7.74. The molecule has 2 amide bonds. The second-order valence-electron chi connectivity index (χ2n) is 9.57. The number of carbonyl (C=O) groups excluding carboxylic acids is 1. The number of nitrogens with zero attached hydrogens (tertiary/aromatic N) is 1. The largest absolute Gasteiger partial charge is 0.481 e. The molecule has 33 heavy (non-hydrogen) atoms. The Labute approximate surface area is 201 Å². The standard InChI is InChI=1S/C26H40N2O4S/c1-7-13-26(22(19(5)6)17-28(25(31)27-26)14-11-24(29)30)21-9-10-23(20(8-2)16-21)33(32)15-12-18(3)4/h9-10,16-19H,7-8,11-15H2,1-6H3,(H,27,31)(H,29,30)/t26-,33?/m0/s1. The van der Waals surface area contributed by atoms with E-state index in [4.69, 9.17) is 5.11 Å². The van der Waals surface area contributed by atoms with Gasteiger partial charge in [-0.25, -0.2) is 4.79 Å². The van der Waals surface area contributed by atoms with Crippen molar-refractivity contribution in [1.82, 2.24) is 10.2 Å². The van der Waals surface area contributed by atoms with E-state index in [-0.39, 0.29) is 24.9 Å². The van der Waals surface area contributed by atoms with E-state index < -0.39 is 22.3 Å². The summed E-state index contributed by atoms with van der Waals surface area (Å²) >= 11 is 0. The van der Waals surface area contributed by atoms with Gasteiger partial charge < -0.3 is 15.3 Å². The van der Waals surface area contributed by atoms with Crippen molar-refractivity contribution in [2.45, 2.75) is 84.1 Å². The Morgan fingerprint density at radius 3 is 2.45 bits per heavy atom. The van der Waals surface area contributed by atoms with E-state index in [2.05, 4.69) is 52.9 Å². The van der Waals surface area contributed by atoms with Crippen LogP contribution in [0.3, 0.4) is 0 Å². The molecule has 0 aromatic heterocycles. The first-order chi connectivity index (χ1) is 15.5. The zero-order chi connectivity index (χ0) is 24.8. The van der Waals surface area contributed by atoms with E-state index in [0.717, 1.165) is 47.3 Å². The number of aliphatic carboxylic acids is 1. The van der Waals surface area contributed by atoms with Gasteiger partial charge in [0.1, 0.15) is 0 Å². The third kappa shape index (κ3) is 6.46. The van der Waals surface area contributed by atoms with Gasteiger partial charge in [-0.1, -0.05) is 60.1 Å². The van der Waals surface area contributed by atoms with Crippen LogP contribution in [0.1, 0.15) is 78.4 Å². The average molecular weight is 477 g/mol. The van der Waals surface area contributed by atoms with Crippen molar-refractivity contribution in [3.8, 4) is 0 Å². The van der Waals surface area contributed by atoms with Crippen LogP contribution in [0.25, 0.3) is 0 Å². The molecule has 0 aliphatic carbocycles. The van der Waals surface area contributed by atoms with Gasteiger partial charge in [0.05, 0.1) is 22.8 Å². The van der Waals surface area contributed by atoms with Gasteiger partial charge >= 0.3 is 12.0 Å². The summed E-state index contributed by atoms with van der Waals surface area (Å²) in [5.74, 6) is 0.374. The van der Waals surface area contributed by atoms with Crippen molar-refractivity contribution in [2.24, 2.45) is 11.8 Å². The van der Waals surface area contributed by atoms with Crippen molar-refractivity contribution in [3.05, 3.63) is 41.1 Å². The summed E-state index contributed by atoms with van der Waals surface area (Å²) in [7, 11) is -1.05. The topological polar surface area (TPSA) is 86.7 Å². The lowest BCUT2D eigenvalue weighted by Crippen LogP contribution is -2.56. The maximum Gasteiger partial charge on any atom is 0.322 e. The SMILES string of the molecule is CCC[C@@]1(c2ccc(S(=O)CCC(C)C)c(CC)c2)NC(=O)N(CCC(=O)O)C=C1C(C)C. The molecular weight excluding hydrogens is 436 g/mol. The highest BCUT2D eigenvalue weighted by Gasteiger charge is 2.43. The zero-order valence-corrected chi connectivity index (χ0v) is 21.8. The van der Waals surface area contributed by atoms with Crippen LogP contribution < -0.4 is 5.32 Å². The predicted octanol–water partition coefficient (Wildman–Crippen LogP) is 5.44. The average Bonchev–Trinajstić information content (AvgIpc) is 2.76. The normalized spacial score (nSPS) is 19.6. The Balaban J connectivity index is 2.54. The fourth-order valence-electron chi connectivity index (χ4n) is 4.45. The molecule has 0 saturated heterocycles. The van der Waals surface area contributed by atoms with Gasteiger partial charge in [0.15, 0.2) is 0 Å².